The van der Waals surface area contributed by atoms with Crippen molar-refractivity contribution in [2.45, 2.75) is 30.1 Å². The van der Waals surface area contributed by atoms with Gasteiger partial charge < -0.3 is 30.3 Å². The highest BCUT2D eigenvalue weighted by Crippen LogP contribution is 2.29. The Hall–Kier alpha value is -0.770. The molecule has 0 spiro atoms. The van der Waals surface area contributed by atoms with Crippen LogP contribution in [-0.2, 0) is 9.53 Å². The van der Waals surface area contributed by atoms with Crippen LogP contribution in [0.5, 0.6) is 0 Å². The maximum absolute atomic E-state index is 10.7. The Morgan fingerprint density at radius 1 is 1.53 bits per heavy atom. The van der Waals surface area contributed by atoms with Crippen molar-refractivity contribution in [2.24, 2.45) is 5.73 Å². The fourth-order valence-corrected chi connectivity index (χ4v) is 1.38. The summed E-state index contributed by atoms with van der Waals surface area (Å²) in [7, 11) is 0. The molecule has 2 unspecified atom stereocenters. The topological polar surface area (TPSA) is 153 Å². The van der Waals surface area contributed by atoms with E-state index in [1.165, 1.54) is 0 Å². The molecule has 1 fully saturated rings. The highest BCUT2D eigenvalue weighted by atomic mass is 16.6. The number of nitrogens with two attached hydrogens (primary N) is 1. The van der Waals surface area contributed by atoms with E-state index in [1.54, 1.807) is 0 Å². The Kier molecular flexibility index (Phi) is 3.28. The second-order valence-electron chi connectivity index (χ2n) is 3.37. The number of aliphatic hydroxyl groups excluding tert-OH is 4. The van der Waals surface area contributed by atoms with Gasteiger partial charge in [0.2, 0.25) is 5.72 Å². The van der Waals surface area contributed by atoms with Crippen LogP contribution in [0.1, 0.15) is 0 Å². The van der Waals surface area contributed by atoms with E-state index in [1.807, 2.05) is 0 Å². The lowest BCUT2D eigenvalue weighted by Crippen LogP contribution is -2.57. The standard InChI is InChI=1S/C7H13NO7/c8-7(6(13)14)5(12)3(11)4(15-7)2(10)1-9/h2-5,9-12H,1,8H2,(H,13,14)/t2-,3?,4-,5?,7-/m1/s1. The Balaban J connectivity index is 2.89. The predicted molar refractivity (Wildman–Crippen MR) is 44.5 cm³/mol. The van der Waals surface area contributed by atoms with E-state index >= 15 is 0 Å². The van der Waals surface area contributed by atoms with E-state index in [4.69, 9.17) is 21.1 Å². The summed E-state index contributed by atoms with van der Waals surface area (Å²) in [5.41, 5.74) is 2.72. The van der Waals surface area contributed by atoms with Gasteiger partial charge in [-0.2, -0.15) is 0 Å². The number of carboxylic acid groups (broad SMARTS) is 1. The van der Waals surface area contributed by atoms with Crippen LogP contribution < -0.4 is 5.73 Å². The van der Waals surface area contributed by atoms with Crippen molar-refractivity contribution in [1.82, 2.24) is 0 Å². The Labute approximate surface area is 84.5 Å². The fraction of sp³-hybridized carbons (Fsp3) is 0.857. The second-order valence-corrected chi connectivity index (χ2v) is 3.37. The lowest BCUT2D eigenvalue weighted by molar-refractivity contribution is -0.177. The van der Waals surface area contributed by atoms with E-state index in [9.17, 15) is 15.0 Å². The smallest absolute Gasteiger partial charge is 0.354 e. The Bertz CT molecular complexity index is 260. The van der Waals surface area contributed by atoms with Crippen molar-refractivity contribution in [1.29, 1.82) is 0 Å². The number of carbonyl (C=O) groups is 1. The van der Waals surface area contributed by atoms with E-state index in [0.717, 1.165) is 0 Å². The minimum Gasteiger partial charge on any atom is -0.478 e. The molecule has 0 bridgehead atoms. The van der Waals surface area contributed by atoms with Crippen LogP contribution in [0.3, 0.4) is 0 Å². The van der Waals surface area contributed by atoms with Gasteiger partial charge in [0.15, 0.2) is 0 Å². The fourth-order valence-electron chi connectivity index (χ4n) is 1.38. The zero-order chi connectivity index (χ0) is 11.8. The monoisotopic (exact) mass is 223 g/mol. The van der Waals surface area contributed by atoms with Gasteiger partial charge in [-0.15, -0.1) is 0 Å². The zero-order valence-corrected chi connectivity index (χ0v) is 7.65. The van der Waals surface area contributed by atoms with Crippen molar-refractivity contribution in [2.75, 3.05) is 6.61 Å². The number of hydrogen-bond donors (Lipinski definition) is 6. The number of carboxylic acids is 1. The molecule has 0 saturated carbocycles. The summed E-state index contributed by atoms with van der Waals surface area (Å²) >= 11 is 0. The van der Waals surface area contributed by atoms with E-state index in [2.05, 4.69) is 4.74 Å². The molecule has 88 valence electrons. The number of hydrogen-bond acceptors (Lipinski definition) is 7. The third-order valence-corrected chi connectivity index (χ3v) is 2.33. The molecule has 8 nitrogen and oxygen atoms in total. The first-order valence-electron chi connectivity index (χ1n) is 4.19. The van der Waals surface area contributed by atoms with Crippen LogP contribution in [-0.4, -0.2) is 68.2 Å². The van der Waals surface area contributed by atoms with Gasteiger partial charge >= 0.3 is 5.97 Å². The highest BCUT2D eigenvalue weighted by molar-refractivity contribution is 5.78. The molecule has 7 N–H and O–H groups in total. The Morgan fingerprint density at radius 2 is 2.07 bits per heavy atom. The Morgan fingerprint density at radius 3 is 2.40 bits per heavy atom. The largest absolute Gasteiger partial charge is 0.478 e. The van der Waals surface area contributed by atoms with E-state index in [0.29, 0.717) is 0 Å². The lowest BCUT2D eigenvalue weighted by Gasteiger charge is -2.22. The van der Waals surface area contributed by atoms with Crippen molar-refractivity contribution < 1.29 is 35.1 Å². The molecule has 5 atom stereocenters. The van der Waals surface area contributed by atoms with E-state index < -0.39 is 42.7 Å². The first-order valence-corrected chi connectivity index (χ1v) is 4.19. The summed E-state index contributed by atoms with van der Waals surface area (Å²) < 4.78 is 4.66. The molecule has 1 heterocycles. The molecule has 1 rings (SSSR count). The van der Waals surface area contributed by atoms with Crippen LogP contribution in [0, 0.1) is 0 Å². The van der Waals surface area contributed by atoms with E-state index in [-0.39, 0.29) is 0 Å². The average Bonchev–Trinajstić information content (AvgIpc) is 2.43. The zero-order valence-electron chi connectivity index (χ0n) is 7.65. The normalized spacial score (nSPS) is 42.9. The second kappa shape index (κ2) is 4.00. The van der Waals surface area contributed by atoms with Crippen molar-refractivity contribution in [3.63, 3.8) is 0 Å². The summed E-state index contributed by atoms with van der Waals surface area (Å²) in [6.45, 7) is -0.746. The summed E-state index contributed by atoms with van der Waals surface area (Å²) in [6, 6.07) is 0. The van der Waals surface area contributed by atoms with Crippen molar-refractivity contribution >= 4 is 5.97 Å². The van der Waals surface area contributed by atoms with Gasteiger partial charge in [0.1, 0.15) is 24.4 Å². The van der Waals surface area contributed by atoms with Crippen molar-refractivity contribution in [3.8, 4) is 0 Å². The molecule has 1 aliphatic heterocycles. The van der Waals surface area contributed by atoms with Crippen LogP contribution >= 0.6 is 0 Å². The first kappa shape index (κ1) is 12.3. The quantitative estimate of drug-likeness (QED) is 0.285. The van der Waals surface area contributed by atoms with Gasteiger partial charge in [-0.25, -0.2) is 4.79 Å². The molecule has 0 aromatic carbocycles. The molecule has 1 saturated heterocycles. The molecule has 0 radical (unpaired) electrons. The molecule has 1 aliphatic rings. The molecule has 0 aromatic rings. The molecule has 15 heavy (non-hydrogen) atoms. The van der Waals surface area contributed by atoms with Gasteiger partial charge in [0.25, 0.3) is 0 Å². The highest BCUT2D eigenvalue weighted by Gasteiger charge is 2.58. The first-order chi connectivity index (χ1) is 6.84. The van der Waals surface area contributed by atoms with Crippen molar-refractivity contribution in [3.05, 3.63) is 0 Å². The predicted octanol–water partition coefficient (Wildman–Crippen LogP) is -3.80. The lowest BCUT2D eigenvalue weighted by atomic mass is 10.0. The van der Waals surface area contributed by atoms with Gasteiger partial charge in [-0.1, -0.05) is 0 Å². The van der Waals surface area contributed by atoms with Gasteiger partial charge in [-0.05, 0) is 0 Å². The number of rotatable bonds is 3. The van der Waals surface area contributed by atoms with Crippen LogP contribution in [0.15, 0.2) is 0 Å². The van der Waals surface area contributed by atoms with Gasteiger partial charge in [0, 0.05) is 0 Å². The molecule has 0 amide bonds. The number of aliphatic carboxylic acids is 1. The maximum Gasteiger partial charge on any atom is 0.354 e. The molecular weight excluding hydrogens is 210 g/mol. The van der Waals surface area contributed by atoms with Crippen LogP contribution in [0.25, 0.3) is 0 Å². The van der Waals surface area contributed by atoms with Gasteiger partial charge in [0.05, 0.1) is 6.61 Å². The summed E-state index contributed by atoms with van der Waals surface area (Å²) in [6.07, 6.45) is -6.50. The summed E-state index contributed by atoms with van der Waals surface area (Å²) in [4.78, 5) is 10.7. The summed E-state index contributed by atoms with van der Waals surface area (Å²) in [5.74, 6) is -1.67. The molecule has 0 aliphatic carbocycles. The molecular formula is C7H13NO7. The SMILES string of the molecule is N[C@@]1(C(=O)O)O[C@H]([C@H](O)CO)C(O)C1O. The minimum atomic E-state index is -2.47. The number of aliphatic hydroxyl groups is 4. The number of ether oxygens (including phenoxy) is 1. The van der Waals surface area contributed by atoms with Crippen LogP contribution in [0.4, 0.5) is 0 Å². The molecule has 8 heteroatoms. The third kappa shape index (κ3) is 1.83. The molecule has 0 aromatic heterocycles. The minimum absolute atomic E-state index is 0.746. The van der Waals surface area contributed by atoms with Crippen LogP contribution in [0.2, 0.25) is 0 Å². The van der Waals surface area contributed by atoms with Gasteiger partial charge in [-0.3, -0.25) is 5.73 Å². The maximum atomic E-state index is 10.7. The third-order valence-electron chi connectivity index (χ3n) is 2.33. The average molecular weight is 223 g/mol. The summed E-state index contributed by atoms with van der Waals surface area (Å²) in [5, 5.41) is 45.1.